The average Bonchev–Trinajstić information content (AvgIpc) is 3.53. The first kappa shape index (κ1) is 29.4. The Morgan fingerprint density at radius 1 is 1.10 bits per heavy atom. The van der Waals surface area contributed by atoms with Gasteiger partial charge in [0.15, 0.2) is 12.5 Å². The van der Waals surface area contributed by atoms with Gasteiger partial charge >= 0.3 is 17.7 Å². The zero-order valence-electron chi connectivity index (χ0n) is 22.5. The molecule has 0 radical (unpaired) electrons. The molecule has 2 aromatic carbocycles. The standard InChI is InChI=1S/C29H29ClN4O8/c1-2-31-28(37)32-22-13-14-34(29(38)33-22)26-25-24(41-23(42-25)12-11-17-7-4-3-5-8-17)21(40-26)16-39-15-19-18(27(35)36)9-6-10-20(19)30/h3-14,21,23-26H,2,15-16H2,1H3,(H,35,36)(H2,31,32,33,37,38)/b12-11+/t21-,23+,24?,25?,26-/m1/s1. The summed E-state index contributed by atoms with van der Waals surface area (Å²) in [5.74, 6) is -1.04. The van der Waals surface area contributed by atoms with E-state index in [0.717, 1.165) is 5.56 Å². The number of carboxylic acid groups (broad SMARTS) is 1. The molecule has 2 saturated heterocycles. The van der Waals surface area contributed by atoms with E-state index in [2.05, 4.69) is 15.6 Å². The summed E-state index contributed by atoms with van der Waals surface area (Å²) in [5, 5.41) is 14.9. The first-order valence-corrected chi connectivity index (χ1v) is 13.6. The van der Waals surface area contributed by atoms with Crippen LogP contribution in [0.15, 0.2) is 71.7 Å². The van der Waals surface area contributed by atoms with Crippen LogP contribution in [-0.2, 0) is 25.6 Å². The minimum atomic E-state index is -1.12. The van der Waals surface area contributed by atoms with Crippen molar-refractivity contribution < 1.29 is 33.6 Å². The van der Waals surface area contributed by atoms with Crippen LogP contribution in [0, 0.1) is 0 Å². The molecule has 0 aliphatic carbocycles. The molecule has 13 heteroatoms. The van der Waals surface area contributed by atoms with Crippen LogP contribution in [0.1, 0.15) is 34.6 Å². The largest absolute Gasteiger partial charge is 0.478 e. The second-order valence-corrected chi connectivity index (χ2v) is 9.89. The Kier molecular flexibility index (Phi) is 9.30. The minimum absolute atomic E-state index is 0.000560. The smallest absolute Gasteiger partial charge is 0.351 e. The van der Waals surface area contributed by atoms with E-state index in [1.807, 2.05) is 36.4 Å². The van der Waals surface area contributed by atoms with Crippen molar-refractivity contribution in [2.45, 2.75) is 44.4 Å². The predicted octanol–water partition coefficient (Wildman–Crippen LogP) is 3.67. The molecule has 0 bridgehead atoms. The number of aromatic nitrogens is 2. The molecule has 3 N–H and O–H groups in total. The Labute approximate surface area is 245 Å². The molecule has 2 fully saturated rings. The fraction of sp³-hybridized carbons (Fsp3) is 0.310. The summed E-state index contributed by atoms with van der Waals surface area (Å²) < 4.78 is 25.7. The lowest BCUT2D eigenvalue weighted by Gasteiger charge is -2.21. The molecule has 0 saturated carbocycles. The number of nitrogens with one attached hydrogen (secondary N) is 2. The third-order valence-electron chi connectivity index (χ3n) is 6.67. The number of urea groups is 1. The van der Waals surface area contributed by atoms with Gasteiger partial charge in [0.25, 0.3) is 0 Å². The Morgan fingerprint density at radius 3 is 2.62 bits per heavy atom. The highest BCUT2D eigenvalue weighted by Gasteiger charge is 2.53. The van der Waals surface area contributed by atoms with Crippen molar-refractivity contribution in [2.24, 2.45) is 0 Å². The summed E-state index contributed by atoms with van der Waals surface area (Å²) >= 11 is 6.24. The number of benzene rings is 2. The number of anilines is 1. The topological polar surface area (TPSA) is 150 Å². The first-order chi connectivity index (χ1) is 20.3. The fourth-order valence-corrected chi connectivity index (χ4v) is 4.97. The van der Waals surface area contributed by atoms with Crippen molar-refractivity contribution in [3.63, 3.8) is 0 Å². The number of carbonyl (C=O) groups is 2. The van der Waals surface area contributed by atoms with Gasteiger partial charge in [-0.1, -0.05) is 54.1 Å². The number of fused-ring (bicyclic) bond motifs is 1. The second-order valence-electron chi connectivity index (χ2n) is 9.48. The van der Waals surface area contributed by atoms with Crippen molar-refractivity contribution in [1.82, 2.24) is 14.9 Å². The first-order valence-electron chi connectivity index (χ1n) is 13.3. The molecule has 220 valence electrons. The molecule has 5 atom stereocenters. The van der Waals surface area contributed by atoms with Crippen molar-refractivity contribution in [2.75, 3.05) is 18.5 Å². The van der Waals surface area contributed by atoms with E-state index in [-0.39, 0.29) is 29.6 Å². The highest BCUT2D eigenvalue weighted by Crippen LogP contribution is 2.39. The van der Waals surface area contributed by atoms with Crippen LogP contribution in [0.4, 0.5) is 10.6 Å². The molecule has 0 spiro atoms. The Morgan fingerprint density at radius 2 is 1.88 bits per heavy atom. The van der Waals surface area contributed by atoms with Crippen molar-refractivity contribution in [1.29, 1.82) is 0 Å². The highest BCUT2D eigenvalue weighted by molar-refractivity contribution is 6.31. The molecular weight excluding hydrogens is 568 g/mol. The van der Waals surface area contributed by atoms with E-state index in [1.54, 1.807) is 25.1 Å². The summed E-state index contributed by atoms with van der Waals surface area (Å²) in [4.78, 5) is 40.4. The lowest BCUT2D eigenvalue weighted by molar-refractivity contribution is -0.141. The van der Waals surface area contributed by atoms with E-state index in [4.69, 9.17) is 30.5 Å². The van der Waals surface area contributed by atoms with Gasteiger partial charge in [-0.2, -0.15) is 4.98 Å². The maximum atomic E-state index is 13.0. The van der Waals surface area contributed by atoms with Gasteiger partial charge in [0.1, 0.15) is 24.1 Å². The molecule has 2 unspecified atom stereocenters. The summed E-state index contributed by atoms with van der Waals surface area (Å²) in [7, 11) is 0. The highest BCUT2D eigenvalue weighted by atomic mass is 35.5. The van der Waals surface area contributed by atoms with Gasteiger partial charge in [-0.3, -0.25) is 9.88 Å². The van der Waals surface area contributed by atoms with Gasteiger partial charge in [0.05, 0.1) is 18.8 Å². The fourth-order valence-electron chi connectivity index (χ4n) is 4.74. The summed E-state index contributed by atoms with van der Waals surface area (Å²) in [6, 6.07) is 15.2. The molecule has 3 aromatic rings. The monoisotopic (exact) mass is 596 g/mol. The van der Waals surface area contributed by atoms with Crippen molar-refractivity contribution in [3.8, 4) is 0 Å². The number of hydrogen-bond acceptors (Lipinski definition) is 8. The molecule has 2 aliphatic rings. The van der Waals surface area contributed by atoms with Crippen molar-refractivity contribution >= 4 is 35.5 Å². The van der Waals surface area contributed by atoms with Crippen molar-refractivity contribution in [3.05, 3.63) is 99.1 Å². The molecule has 2 amide bonds. The predicted molar refractivity (Wildman–Crippen MR) is 152 cm³/mol. The van der Waals surface area contributed by atoms with Gasteiger partial charge in [0.2, 0.25) is 0 Å². The average molecular weight is 597 g/mol. The number of carboxylic acids is 1. The molecular formula is C29H29ClN4O8. The zero-order valence-corrected chi connectivity index (χ0v) is 23.3. The quantitative estimate of drug-likeness (QED) is 0.318. The van der Waals surface area contributed by atoms with Gasteiger partial charge in [-0.05, 0) is 36.8 Å². The summed E-state index contributed by atoms with van der Waals surface area (Å²) in [6.45, 7) is 2.10. The van der Waals surface area contributed by atoms with Crippen LogP contribution >= 0.6 is 11.6 Å². The van der Waals surface area contributed by atoms with Gasteiger partial charge in [-0.25, -0.2) is 14.4 Å². The number of rotatable bonds is 10. The molecule has 42 heavy (non-hydrogen) atoms. The minimum Gasteiger partial charge on any atom is -0.478 e. The number of aromatic carboxylic acids is 1. The Bertz CT molecular complexity index is 1510. The van der Waals surface area contributed by atoms with Gasteiger partial charge in [-0.15, -0.1) is 0 Å². The van der Waals surface area contributed by atoms with Crippen LogP contribution in [0.5, 0.6) is 0 Å². The third kappa shape index (κ3) is 6.69. The van der Waals surface area contributed by atoms with Crippen LogP contribution in [0.3, 0.4) is 0 Å². The Hall–Kier alpha value is -4.07. The lowest BCUT2D eigenvalue weighted by atomic mass is 10.1. The number of ether oxygens (including phenoxy) is 4. The maximum Gasteiger partial charge on any atom is 0.351 e. The normalized spacial score (nSPS) is 23.1. The lowest BCUT2D eigenvalue weighted by Crippen LogP contribution is -2.35. The molecule has 1 aromatic heterocycles. The summed E-state index contributed by atoms with van der Waals surface area (Å²) in [6.07, 6.45) is 1.48. The maximum absolute atomic E-state index is 13.0. The number of amides is 2. The number of hydrogen-bond donors (Lipinski definition) is 3. The van der Waals surface area contributed by atoms with E-state index < -0.39 is 48.5 Å². The van der Waals surface area contributed by atoms with Gasteiger partial charge < -0.3 is 29.4 Å². The van der Waals surface area contributed by atoms with Crippen LogP contribution in [-0.4, -0.2) is 64.4 Å². The third-order valence-corrected chi connectivity index (χ3v) is 7.03. The molecule has 2 aliphatic heterocycles. The second kappa shape index (κ2) is 13.3. The van der Waals surface area contributed by atoms with E-state index in [0.29, 0.717) is 12.1 Å². The number of nitrogens with zero attached hydrogens (tertiary/aromatic N) is 2. The van der Waals surface area contributed by atoms with E-state index in [9.17, 15) is 19.5 Å². The van der Waals surface area contributed by atoms with Gasteiger partial charge in [0, 0.05) is 23.3 Å². The number of halogens is 1. The SMILES string of the molecule is CCNC(=O)Nc1ccn([C@@H]2O[C@H](COCc3c(Cl)cccc3C(=O)O)C3O[C@H](/C=C/c4ccccc4)OC32)c(=O)n1. The Balaban J connectivity index is 1.34. The molecule has 12 nitrogen and oxygen atoms in total. The molecule has 3 heterocycles. The number of carbonyl (C=O) groups excluding carboxylic acids is 1. The van der Waals surface area contributed by atoms with Crippen LogP contribution < -0.4 is 16.3 Å². The molecule has 5 rings (SSSR count). The van der Waals surface area contributed by atoms with Crippen LogP contribution in [0.2, 0.25) is 5.02 Å². The van der Waals surface area contributed by atoms with E-state index >= 15 is 0 Å². The zero-order chi connectivity index (χ0) is 29.6. The van der Waals surface area contributed by atoms with E-state index in [1.165, 1.54) is 22.9 Å². The van der Waals surface area contributed by atoms with Crippen LogP contribution in [0.25, 0.3) is 6.08 Å². The summed E-state index contributed by atoms with van der Waals surface area (Å²) in [5.41, 5.74) is 0.666.